The summed E-state index contributed by atoms with van der Waals surface area (Å²) in [5, 5.41) is 10.7. The van der Waals surface area contributed by atoms with Crippen LogP contribution in [-0.4, -0.2) is 24.2 Å². The summed E-state index contributed by atoms with van der Waals surface area (Å²) in [5.74, 6) is 1.02. The van der Waals surface area contributed by atoms with Crippen molar-refractivity contribution in [2.75, 3.05) is 18.4 Å². The molecule has 1 aliphatic rings. The van der Waals surface area contributed by atoms with Crippen LogP contribution in [-0.2, 0) is 0 Å². The number of pyridine rings is 1. The van der Waals surface area contributed by atoms with Crippen molar-refractivity contribution in [2.24, 2.45) is 0 Å². The Hall–Kier alpha value is -1.36. The van der Waals surface area contributed by atoms with Gasteiger partial charge in [0.2, 0.25) is 0 Å². The molecular weight excluding hydrogens is 256 g/mol. The minimum absolute atomic E-state index is 0.573. The van der Waals surface area contributed by atoms with Gasteiger partial charge in [0, 0.05) is 12.1 Å². The normalized spacial score (nSPS) is 15.8. The first-order valence-corrected chi connectivity index (χ1v) is 7.50. The van der Waals surface area contributed by atoms with E-state index in [2.05, 4.69) is 20.9 Å². The van der Waals surface area contributed by atoms with Crippen LogP contribution in [0.5, 0.6) is 0 Å². The molecular formula is C14H23N4S+. The summed E-state index contributed by atoms with van der Waals surface area (Å²) in [7, 11) is 0. The Balaban J connectivity index is 1.56. The Morgan fingerprint density at radius 2 is 2.05 bits per heavy atom. The molecule has 1 aromatic heterocycles. The molecule has 5 heteroatoms. The SMILES string of the molecule is S=C(NCCNc1cccc[nH+]1)NC1CCCCC1. The molecule has 0 unspecified atom stereocenters. The Bertz CT molecular complexity index is 376. The van der Waals surface area contributed by atoms with Gasteiger partial charge in [-0.15, -0.1) is 0 Å². The van der Waals surface area contributed by atoms with Gasteiger partial charge in [-0.25, -0.2) is 4.98 Å². The minimum Gasteiger partial charge on any atom is -0.360 e. The summed E-state index contributed by atoms with van der Waals surface area (Å²) < 4.78 is 0. The Morgan fingerprint density at radius 1 is 1.21 bits per heavy atom. The van der Waals surface area contributed by atoms with Crippen molar-refractivity contribution < 1.29 is 4.98 Å². The summed E-state index contributed by atoms with van der Waals surface area (Å²) in [5.41, 5.74) is 0. The summed E-state index contributed by atoms with van der Waals surface area (Å²) in [6.45, 7) is 1.66. The van der Waals surface area contributed by atoms with E-state index in [9.17, 15) is 0 Å². The summed E-state index contributed by atoms with van der Waals surface area (Å²) in [4.78, 5) is 3.13. The van der Waals surface area contributed by atoms with Crippen LogP contribution in [0.4, 0.5) is 5.82 Å². The molecule has 1 saturated carbocycles. The van der Waals surface area contributed by atoms with E-state index in [-0.39, 0.29) is 0 Å². The molecule has 19 heavy (non-hydrogen) atoms. The van der Waals surface area contributed by atoms with Gasteiger partial charge in [0.15, 0.2) is 5.11 Å². The Labute approximate surface area is 120 Å². The number of aromatic nitrogens is 1. The van der Waals surface area contributed by atoms with E-state index >= 15 is 0 Å². The fourth-order valence-corrected chi connectivity index (χ4v) is 2.63. The second-order valence-corrected chi connectivity index (χ2v) is 5.35. The van der Waals surface area contributed by atoms with E-state index < -0.39 is 0 Å². The standard InChI is InChI=1S/C14H22N4S/c19-14(18-12-6-2-1-3-7-12)17-11-10-16-13-8-4-5-9-15-13/h4-5,8-9,12H,1-3,6-7,10-11H2,(H,15,16)(H2,17,18,19)/p+1. The lowest BCUT2D eigenvalue weighted by molar-refractivity contribution is -0.361. The van der Waals surface area contributed by atoms with Gasteiger partial charge in [0.05, 0.1) is 12.7 Å². The molecule has 0 aromatic carbocycles. The van der Waals surface area contributed by atoms with Gasteiger partial charge >= 0.3 is 0 Å². The van der Waals surface area contributed by atoms with Crippen molar-refractivity contribution in [3.05, 3.63) is 24.4 Å². The second-order valence-electron chi connectivity index (χ2n) is 4.94. The van der Waals surface area contributed by atoms with Crippen LogP contribution >= 0.6 is 12.2 Å². The molecule has 0 radical (unpaired) electrons. The molecule has 1 heterocycles. The van der Waals surface area contributed by atoms with E-state index in [0.717, 1.165) is 24.0 Å². The van der Waals surface area contributed by atoms with Crippen molar-refractivity contribution in [1.82, 2.24) is 10.6 Å². The largest absolute Gasteiger partial charge is 0.360 e. The van der Waals surface area contributed by atoms with Crippen molar-refractivity contribution in [3.8, 4) is 0 Å². The minimum atomic E-state index is 0.573. The Kier molecular flexibility index (Phi) is 5.88. The highest BCUT2D eigenvalue weighted by molar-refractivity contribution is 7.80. The average Bonchev–Trinajstić information content (AvgIpc) is 2.46. The van der Waals surface area contributed by atoms with Crippen LogP contribution in [0.2, 0.25) is 0 Å². The number of hydrogen-bond donors (Lipinski definition) is 3. The molecule has 104 valence electrons. The molecule has 0 amide bonds. The number of rotatable bonds is 5. The molecule has 0 aliphatic heterocycles. The van der Waals surface area contributed by atoms with Gasteiger partial charge in [0.1, 0.15) is 6.54 Å². The first kappa shape index (κ1) is 14.1. The fourth-order valence-electron chi connectivity index (χ4n) is 2.36. The van der Waals surface area contributed by atoms with Gasteiger partial charge < -0.3 is 10.6 Å². The molecule has 1 aromatic rings. The molecule has 1 aliphatic carbocycles. The third kappa shape index (κ3) is 5.42. The van der Waals surface area contributed by atoms with E-state index in [0.29, 0.717) is 6.04 Å². The van der Waals surface area contributed by atoms with Crippen LogP contribution in [0.3, 0.4) is 0 Å². The van der Waals surface area contributed by atoms with Gasteiger partial charge in [-0.2, -0.15) is 0 Å². The van der Waals surface area contributed by atoms with Crippen LogP contribution < -0.4 is 20.9 Å². The van der Waals surface area contributed by atoms with Crippen LogP contribution in [0, 0.1) is 0 Å². The van der Waals surface area contributed by atoms with Crippen molar-refractivity contribution in [3.63, 3.8) is 0 Å². The quantitative estimate of drug-likeness (QED) is 0.567. The summed E-state index contributed by atoms with van der Waals surface area (Å²) in [6.07, 6.45) is 8.43. The maximum Gasteiger partial charge on any atom is 0.272 e. The number of hydrogen-bond acceptors (Lipinski definition) is 2. The van der Waals surface area contributed by atoms with Gasteiger partial charge in [-0.3, -0.25) is 5.32 Å². The second kappa shape index (κ2) is 7.94. The van der Waals surface area contributed by atoms with E-state index in [1.54, 1.807) is 0 Å². The molecule has 0 spiro atoms. The van der Waals surface area contributed by atoms with Crippen molar-refractivity contribution in [1.29, 1.82) is 0 Å². The van der Waals surface area contributed by atoms with E-state index in [1.165, 1.54) is 32.1 Å². The molecule has 4 N–H and O–H groups in total. The molecule has 0 saturated heterocycles. The smallest absolute Gasteiger partial charge is 0.272 e. The lowest BCUT2D eigenvalue weighted by Gasteiger charge is -2.24. The van der Waals surface area contributed by atoms with E-state index in [4.69, 9.17) is 12.2 Å². The number of H-pyrrole nitrogens is 1. The predicted octanol–water partition coefficient (Wildman–Crippen LogP) is 1.71. The number of aromatic amines is 1. The highest BCUT2D eigenvalue weighted by atomic mass is 32.1. The summed E-state index contributed by atoms with van der Waals surface area (Å²) >= 11 is 5.31. The zero-order valence-electron chi connectivity index (χ0n) is 11.2. The van der Waals surface area contributed by atoms with Crippen LogP contribution in [0.1, 0.15) is 32.1 Å². The fraction of sp³-hybridized carbons (Fsp3) is 0.571. The monoisotopic (exact) mass is 279 g/mol. The molecule has 2 rings (SSSR count). The number of nitrogens with one attached hydrogen (secondary N) is 4. The third-order valence-corrected chi connectivity index (χ3v) is 3.64. The van der Waals surface area contributed by atoms with Gasteiger partial charge in [-0.05, 0) is 31.1 Å². The first-order valence-electron chi connectivity index (χ1n) is 7.09. The first-order chi connectivity index (χ1) is 9.34. The number of thiocarbonyl (C=S) groups is 1. The van der Waals surface area contributed by atoms with Crippen molar-refractivity contribution in [2.45, 2.75) is 38.1 Å². The van der Waals surface area contributed by atoms with Crippen LogP contribution in [0.25, 0.3) is 0 Å². The number of anilines is 1. The Morgan fingerprint density at radius 3 is 2.79 bits per heavy atom. The molecule has 0 atom stereocenters. The third-order valence-electron chi connectivity index (χ3n) is 3.38. The summed E-state index contributed by atoms with van der Waals surface area (Å²) in [6, 6.07) is 6.55. The topological polar surface area (TPSA) is 50.2 Å². The molecule has 4 nitrogen and oxygen atoms in total. The maximum absolute atomic E-state index is 5.31. The lowest BCUT2D eigenvalue weighted by Crippen LogP contribution is -2.44. The maximum atomic E-state index is 5.31. The lowest BCUT2D eigenvalue weighted by atomic mass is 9.96. The zero-order valence-corrected chi connectivity index (χ0v) is 12.1. The van der Waals surface area contributed by atoms with Gasteiger partial charge in [0.25, 0.3) is 5.82 Å². The zero-order chi connectivity index (χ0) is 13.3. The predicted molar refractivity (Wildman–Crippen MR) is 82.1 cm³/mol. The van der Waals surface area contributed by atoms with E-state index in [1.807, 2.05) is 24.4 Å². The average molecular weight is 279 g/mol. The van der Waals surface area contributed by atoms with Gasteiger partial charge in [-0.1, -0.05) is 25.3 Å². The van der Waals surface area contributed by atoms with Crippen molar-refractivity contribution >= 4 is 23.1 Å². The molecule has 1 fully saturated rings. The molecule has 0 bridgehead atoms. The van der Waals surface area contributed by atoms with Crippen LogP contribution in [0.15, 0.2) is 24.4 Å². The highest BCUT2D eigenvalue weighted by Gasteiger charge is 2.13. The highest BCUT2D eigenvalue weighted by Crippen LogP contribution is 2.17.